The largest absolute Gasteiger partial charge is 0.482 e. The van der Waals surface area contributed by atoms with Crippen LogP contribution in [0.4, 0.5) is 10.1 Å². The molecule has 0 spiro atoms. The zero-order valence-corrected chi connectivity index (χ0v) is 20.5. The number of pyridine rings is 2. The van der Waals surface area contributed by atoms with E-state index in [-0.39, 0.29) is 24.4 Å². The minimum atomic E-state index is -0.572. The number of piperidine rings is 1. The lowest BCUT2D eigenvalue weighted by atomic mass is 10.0. The van der Waals surface area contributed by atoms with Gasteiger partial charge in [-0.2, -0.15) is 0 Å². The van der Waals surface area contributed by atoms with Gasteiger partial charge < -0.3 is 30.1 Å². The molecule has 1 amide bonds. The molecule has 0 bridgehead atoms. The number of hydrogen-bond donors (Lipinski definition) is 3. The van der Waals surface area contributed by atoms with Crippen molar-refractivity contribution in [2.24, 2.45) is 0 Å². The highest BCUT2D eigenvalue weighted by Gasteiger charge is 2.27. The van der Waals surface area contributed by atoms with Crippen molar-refractivity contribution in [1.82, 2.24) is 20.2 Å². The summed E-state index contributed by atoms with van der Waals surface area (Å²) >= 11 is 6.41. The number of fused-ring (bicyclic) bond motifs is 2. The zero-order chi connectivity index (χ0) is 25.2. The van der Waals surface area contributed by atoms with Crippen molar-refractivity contribution >= 4 is 34.2 Å². The van der Waals surface area contributed by atoms with Crippen LogP contribution in [0.3, 0.4) is 0 Å². The molecule has 0 unspecified atom stereocenters. The van der Waals surface area contributed by atoms with Gasteiger partial charge in [0.15, 0.2) is 12.4 Å². The number of methoxy groups -OCH3 is 1. The molecule has 4 heterocycles. The van der Waals surface area contributed by atoms with E-state index in [0.717, 1.165) is 24.1 Å². The molecule has 36 heavy (non-hydrogen) atoms. The Morgan fingerprint density at radius 2 is 2.25 bits per heavy atom. The maximum absolute atomic E-state index is 14.0. The Bertz CT molecular complexity index is 1290. The molecule has 1 fully saturated rings. The van der Waals surface area contributed by atoms with E-state index in [2.05, 4.69) is 25.5 Å². The van der Waals surface area contributed by atoms with Crippen molar-refractivity contribution in [3.63, 3.8) is 0 Å². The summed E-state index contributed by atoms with van der Waals surface area (Å²) in [5.74, 6) is -0.174. The van der Waals surface area contributed by atoms with Crippen LogP contribution in [-0.4, -0.2) is 71.4 Å². The van der Waals surface area contributed by atoms with Crippen LogP contribution in [0, 0.1) is 5.82 Å². The van der Waals surface area contributed by atoms with Crippen LogP contribution in [0.25, 0.3) is 11.0 Å². The quantitative estimate of drug-likeness (QED) is 0.440. The molecule has 190 valence electrons. The van der Waals surface area contributed by atoms with Gasteiger partial charge in [0, 0.05) is 43.5 Å². The van der Waals surface area contributed by atoms with Gasteiger partial charge in [-0.25, -0.2) is 9.37 Å². The lowest BCUT2D eigenvalue weighted by molar-refractivity contribution is -0.118. The van der Waals surface area contributed by atoms with Gasteiger partial charge in [-0.15, -0.1) is 0 Å². The highest BCUT2D eigenvalue weighted by molar-refractivity contribution is 6.32. The number of benzene rings is 1. The van der Waals surface area contributed by atoms with Crippen LogP contribution in [0.5, 0.6) is 11.6 Å². The van der Waals surface area contributed by atoms with Gasteiger partial charge in [-0.05, 0) is 37.1 Å². The van der Waals surface area contributed by atoms with Gasteiger partial charge in [0.05, 0.1) is 35.0 Å². The number of β-amino-alcohol motifs (C(OH)–C–C–N with tert-alkyl or cyclic N) is 1. The lowest BCUT2D eigenvalue weighted by Gasteiger charge is -2.36. The predicted molar refractivity (Wildman–Crippen MR) is 133 cm³/mol. The number of carbonyl (C=O) groups is 1. The molecule has 5 rings (SSSR count). The third kappa shape index (κ3) is 5.22. The highest BCUT2D eigenvalue weighted by Crippen LogP contribution is 2.29. The number of aliphatic hydroxyl groups is 1. The van der Waals surface area contributed by atoms with Gasteiger partial charge in [0.1, 0.15) is 5.75 Å². The van der Waals surface area contributed by atoms with Crippen LogP contribution in [0.1, 0.15) is 17.5 Å². The van der Waals surface area contributed by atoms with Crippen molar-refractivity contribution in [1.29, 1.82) is 0 Å². The second-order valence-corrected chi connectivity index (χ2v) is 9.40. The number of carbonyl (C=O) groups excluding carboxylic acids is 1. The van der Waals surface area contributed by atoms with E-state index in [0.29, 0.717) is 53.5 Å². The van der Waals surface area contributed by atoms with Gasteiger partial charge in [0.25, 0.3) is 11.8 Å². The summed E-state index contributed by atoms with van der Waals surface area (Å²) in [4.78, 5) is 22.2. The molecule has 0 saturated carbocycles. The number of nitrogens with one attached hydrogen (secondary N) is 2. The van der Waals surface area contributed by atoms with E-state index < -0.39 is 11.9 Å². The van der Waals surface area contributed by atoms with E-state index in [1.807, 2.05) is 18.2 Å². The molecule has 9 nitrogen and oxygen atoms in total. The van der Waals surface area contributed by atoms with Gasteiger partial charge in [0.2, 0.25) is 0 Å². The van der Waals surface area contributed by atoms with E-state index >= 15 is 0 Å². The van der Waals surface area contributed by atoms with Crippen LogP contribution in [0.15, 0.2) is 30.5 Å². The summed E-state index contributed by atoms with van der Waals surface area (Å²) in [6, 6.07) is 6.92. The molecule has 3 aromatic rings. The fraction of sp³-hybridized carbons (Fsp3) is 0.400. The summed E-state index contributed by atoms with van der Waals surface area (Å²) in [6.45, 7) is 2.57. The summed E-state index contributed by atoms with van der Waals surface area (Å²) in [7, 11) is 1.37. The summed E-state index contributed by atoms with van der Waals surface area (Å²) in [5.41, 5.74) is 3.37. The average Bonchev–Trinajstić information content (AvgIpc) is 2.87. The number of aliphatic hydroxyl groups excluding tert-OH is 1. The molecule has 2 atom stereocenters. The topological polar surface area (TPSA) is 109 Å². The Balaban J connectivity index is 1.18. The number of likely N-dealkylation sites (tertiary alicyclic amines) is 1. The average molecular weight is 516 g/mol. The number of halogens is 2. The predicted octanol–water partition coefficient (Wildman–Crippen LogP) is 2.53. The molecule has 3 N–H and O–H groups in total. The molecule has 1 aromatic carbocycles. The number of ether oxygens (including phenoxy) is 2. The molecule has 2 aromatic heterocycles. The Hall–Kier alpha value is -3.05. The van der Waals surface area contributed by atoms with Crippen molar-refractivity contribution in [2.75, 3.05) is 38.7 Å². The molecule has 2 aliphatic heterocycles. The SMILES string of the molecule is COc1nc2c(CCN3CC[C@H](NCc4ccc5c(c4)NC(=O)CO5)[C@H](O)C3)c(Cl)cnc2cc1F. The molecule has 1 saturated heterocycles. The van der Waals surface area contributed by atoms with Crippen molar-refractivity contribution < 1.29 is 23.8 Å². The van der Waals surface area contributed by atoms with Crippen LogP contribution >= 0.6 is 11.6 Å². The number of amides is 1. The first-order valence-corrected chi connectivity index (χ1v) is 12.2. The van der Waals surface area contributed by atoms with Gasteiger partial charge in [-0.3, -0.25) is 9.78 Å². The van der Waals surface area contributed by atoms with Crippen molar-refractivity contribution in [2.45, 2.75) is 31.5 Å². The summed E-state index contributed by atoms with van der Waals surface area (Å²) < 4.78 is 24.5. The van der Waals surface area contributed by atoms with E-state index in [1.54, 1.807) is 0 Å². The van der Waals surface area contributed by atoms with Crippen LogP contribution < -0.4 is 20.1 Å². The third-order valence-corrected chi connectivity index (χ3v) is 6.92. The Morgan fingerprint density at radius 3 is 3.06 bits per heavy atom. The van der Waals surface area contributed by atoms with Crippen LogP contribution in [0.2, 0.25) is 5.02 Å². The number of hydrogen-bond acceptors (Lipinski definition) is 8. The maximum atomic E-state index is 14.0. The summed E-state index contributed by atoms with van der Waals surface area (Å²) in [5, 5.41) is 17.5. The first-order chi connectivity index (χ1) is 17.4. The number of anilines is 1. The van der Waals surface area contributed by atoms with E-state index in [1.165, 1.54) is 19.4 Å². The number of aromatic nitrogens is 2. The van der Waals surface area contributed by atoms with Crippen molar-refractivity contribution in [3.05, 3.63) is 52.4 Å². The maximum Gasteiger partial charge on any atom is 0.262 e. The first kappa shape index (κ1) is 24.6. The monoisotopic (exact) mass is 515 g/mol. The Kier molecular flexibility index (Phi) is 7.20. The van der Waals surface area contributed by atoms with Gasteiger partial charge in [-0.1, -0.05) is 17.7 Å². The van der Waals surface area contributed by atoms with Crippen molar-refractivity contribution in [3.8, 4) is 11.6 Å². The Morgan fingerprint density at radius 1 is 1.39 bits per heavy atom. The molecule has 0 radical (unpaired) electrons. The van der Waals surface area contributed by atoms with Gasteiger partial charge >= 0.3 is 0 Å². The lowest BCUT2D eigenvalue weighted by Crippen LogP contribution is -2.52. The second kappa shape index (κ2) is 10.5. The fourth-order valence-corrected chi connectivity index (χ4v) is 4.91. The van der Waals surface area contributed by atoms with Crippen LogP contribution in [-0.2, 0) is 17.8 Å². The smallest absolute Gasteiger partial charge is 0.262 e. The second-order valence-electron chi connectivity index (χ2n) is 8.99. The third-order valence-electron chi connectivity index (χ3n) is 6.60. The normalized spacial score (nSPS) is 20.1. The minimum absolute atomic E-state index is 0.0300. The molecule has 0 aliphatic carbocycles. The highest BCUT2D eigenvalue weighted by atomic mass is 35.5. The fourth-order valence-electron chi connectivity index (χ4n) is 4.68. The van der Waals surface area contributed by atoms with E-state index in [4.69, 9.17) is 21.1 Å². The molecule has 11 heteroatoms. The first-order valence-electron chi connectivity index (χ1n) is 11.8. The molecule has 2 aliphatic rings. The number of rotatable bonds is 7. The van der Waals surface area contributed by atoms with E-state index in [9.17, 15) is 14.3 Å². The standard InChI is InChI=1S/C25H27ClFN5O4/c1-35-25-17(27)9-20-24(31-25)15(16(26)11-29-20)4-6-32-7-5-18(21(33)12-32)28-10-14-2-3-22-19(8-14)30-23(34)13-36-22/h2-3,8-9,11,18,21,28,33H,4-7,10,12-13H2,1H3,(H,30,34)/t18-,21+/m0/s1. The molecular weight excluding hydrogens is 489 g/mol. The minimum Gasteiger partial charge on any atom is -0.482 e. The summed E-state index contributed by atoms with van der Waals surface area (Å²) in [6.07, 6.45) is 2.31. The zero-order valence-electron chi connectivity index (χ0n) is 19.8. The Labute approximate surface area is 212 Å². The number of nitrogens with zero attached hydrogens (tertiary/aromatic N) is 3. The molecular formula is C25H27ClFN5O4.